The first-order valence-electron chi connectivity index (χ1n) is 6.41. The minimum atomic E-state index is -0.577. The molecule has 2 rings (SSSR count). The molecule has 0 atom stereocenters. The molecule has 0 bridgehead atoms. The molecule has 1 aliphatic carbocycles. The van der Waals surface area contributed by atoms with Gasteiger partial charge in [-0.15, -0.1) is 0 Å². The number of carbonyl (C=O) groups is 1. The number of hydrogen-bond acceptors (Lipinski definition) is 3. The fourth-order valence-electron chi connectivity index (χ4n) is 2.75. The minimum absolute atomic E-state index is 0.141. The van der Waals surface area contributed by atoms with Gasteiger partial charge in [-0.2, -0.15) is 0 Å². The van der Waals surface area contributed by atoms with Gasteiger partial charge in [0.1, 0.15) is 0 Å². The minimum Gasteiger partial charge on any atom is -0.380 e. The lowest BCUT2D eigenvalue weighted by Crippen LogP contribution is -2.54. The Morgan fingerprint density at radius 1 is 1.53 bits per heavy atom. The zero-order valence-corrected chi connectivity index (χ0v) is 10.6. The number of nitrogens with zero attached hydrogens (tertiary/aromatic N) is 1. The number of hydrogen-bond donors (Lipinski definition) is 1. The summed E-state index contributed by atoms with van der Waals surface area (Å²) >= 11 is 0. The molecule has 2 aliphatic rings. The summed E-state index contributed by atoms with van der Waals surface area (Å²) in [7, 11) is 1.70. The molecule has 2 N–H and O–H groups in total. The van der Waals surface area contributed by atoms with Crippen molar-refractivity contribution in [2.75, 3.05) is 26.8 Å². The summed E-state index contributed by atoms with van der Waals surface area (Å²) in [6, 6.07) is 0. The van der Waals surface area contributed by atoms with Gasteiger partial charge in [0.25, 0.3) is 0 Å². The van der Waals surface area contributed by atoms with E-state index in [-0.39, 0.29) is 5.91 Å². The quantitative estimate of drug-likeness (QED) is 0.748. The number of amides is 1. The van der Waals surface area contributed by atoms with Crippen molar-refractivity contribution in [1.29, 1.82) is 0 Å². The topological polar surface area (TPSA) is 55.6 Å². The Bertz CT molecular complexity index is 319. The fourth-order valence-corrected chi connectivity index (χ4v) is 2.75. The normalized spacial score (nSPS) is 23.6. The molecule has 0 aromatic carbocycles. The standard InChI is InChI=1S/C13H22N2O2/c1-17-10-11-4-8-15(9-5-11)12(16)13(14)6-2-3-7-13/h4H,2-3,5-10,14H2,1H3. The van der Waals surface area contributed by atoms with Crippen molar-refractivity contribution in [3.63, 3.8) is 0 Å². The van der Waals surface area contributed by atoms with Crippen LogP contribution in [-0.4, -0.2) is 43.2 Å². The summed E-state index contributed by atoms with van der Waals surface area (Å²) < 4.78 is 5.10. The van der Waals surface area contributed by atoms with Crippen molar-refractivity contribution in [3.8, 4) is 0 Å². The molecule has 4 heteroatoms. The van der Waals surface area contributed by atoms with Crippen molar-refractivity contribution in [2.45, 2.75) is 37.6 Å². The second-order valence-electron chi connectivity index (χ2n) is 5.16. The molecule has 0 aromatic heterocycles. The highest BCUT2D eigenvalue weighted by Gasteiger charge is 2.39. The molecule has 1 saturated carbocycles. The molecule has 96 valence electrons. The third kappa shape index (κ3) is 2.69. The summed E-state index contributed by atoms with van der Waals surface area (Å²) in [4.78, 5) is 14.2. The molecule has 1 heterocycles. The number of carbonyl (C=O) groups excluding carboxylic acids is 1. The molecule has 4 nitrogen and oxygen atoms in total. The van der Waals surface area contributed by atoms with Gasteiger partial charge in [0.2, 0.25) is 5.91 Å². The van der Waals surface area contributed by atoms with Gasteiger partial charge in [0, 0.05) is 20.2 Å². The molecule has 17 heavy (non-hydrogen) atoms. The Labute approximate surface area is 103 Å². The Morgan fingerprint density at radius 2 is 2.24 bits per heavy atom. The highest BCUT2D eigenvalue weighted by atomic mass is 16.5. The van der Waals surface area contributed by atoms with E-state index in [0.717, 1.165) is 38.6 Å². The smallest absolute Gasteiger partial charge is 0.242 e. The number of methoxy groups -OCH3 is 1. The Balaban J connectivity index is 1.94. The van der Waals surface area contributed by atoms with Gasteiger partial charge in [-0.05, 0) is 24.8 Å². The lowest BCUT2D eigenvalue weighted by atomic mass is 9.96. The van der Waals surface area contributed by atoms with E-state index in [1.54, 1.807) is 7.11 Å². The van der Waals surface area contributed by atoms with Crippen LogP contribution >= 0.6 is 0 Å². The summed E-state index contributed by atoms with van der Waals surface area (Å²) in [5, 5.41) is 0. The molecule has 0 radical (unpaired) electrons. The van der Waals surface area contributed by atoms with Crippen LogP contribution in [0.25, 0.3) is 0 Å². The predicted molar refractivity (Wildman–Crippen MR) is 66.5 cm³/mol. The second kappa shape index (κ2) is 5.19. The average molecular weight is 238 g/mol. The van der Waals surface area contributed by atoms with E-state index in [1.165, 1.54) is 5.57 Å². The van der Waals surface area contributed by atoms with Crippen molar-refractivity contribution < 1.29 is 9.53 Å². The Kier molecular flexibility index (Phi) is 3.84. The van der Waals surface area contributed by atoms with Crippen LogP contribution in [0.2, 0.25) is 0 Å². The first-order chi connectivity index (χ1) is 8.15. The predicted octanol–water partition coefficient (Wildman–Crippen LogP) is 1.06. The number of ether oxygens (including phenoxy) is 1. The first kappa shape index (κ1) is 12.6. The highest BCUT2D eigenvalue weighted by molar-refractivity contribution is 5.86. The maximum atomic E-state index is 12.3. The summed E-state index contributed by atoms with van der Waals surface area (Å²) in [5.41, 5.74) is 6.90. The molecule has 1 aliphatic heterocycles. The fraction of sp³-hybridized carbons (Fsp3) is 0.769. The largest absolute Gasteiger partial charge is 0.380 e. The first-order valence-corrected chi connectivity index (χ1v) is 6.41. The zero-order chi connectivity index (χ0) is 12.3. The molecule has 0 spiro atoms. The van der Waals surface area contributed by atoms with Gasteiger partial charge >= 0.3 is 0 Å². The van der Waals surface area contributed by atoms with Gasteiger partial charge in [-0.25, -0.2) is 0 Å². The molecular weight excluding hydrogens is 216 g/mol. The molecular formula is C13H22N2O2. The van der Waals surface area contributed by atoms with E-state index >= 15 is 0 Å². The highest BCUT2D eigenvalue weighted by Crippen LogP contribution is 2.29. The third-order valence-corrected chi connectivity index (χ3v) is 3.84. The van der Waals surface area contributed by atoms with E-state index < -0.39 is 5.54 Å². The van der Waals surface area contributed by atoms with E-state index in [2.05, 4.69) is 6.08 Å². The summed E-state index contributed by atoms with van der Waals surface area (Å²) in [5.74, 6) is 0.141. The monoisotopic (exact) mass is 238 g/mol. The van der Waals surface area contributed by atoms with Crippen LogP contribution in [0.15, 0.2) is 11.6 Å². The Hall–Kier alpha value is -0.870. The number of rotatable bonds is 3. The van der Waals surface area contributed by atoms with Gasteiger partial charge < -0.3 is 15.4 Å². The van der Waals surface area contributed by atoms with Crippen LogP contribution in [0.4, 0.5) is 0 Å². The molecule has 1 fully saturated rings. The molecule has 0 aromatic rings. The molecule has 0 saturated heterocycles. The maximum Gasteiger partial charge on any atom is 0.242 e. The van der Waals surface area contributed by atoms with Crippen LogP contribution in [0.5, 0.6) is 0 Å². The van der Waals surface area contributed by atoms with Crippen molar-refractivity contribution in [1.82, 2.24) is 4.90 Å². The van der Waals surface area contributed by atoms with Crippen molar-refractivity contribution >= 4 is 5.91 Å². The van der Waals surface area contributed by atoms with Crippen LogP contribution in [0.1, 0.15) is 32.1 Å². The third-order valence-electron chi connectivity index (χ3n) is 3.84. The van der Waals surface area contributed by atoms with Gasteiger partial charge in [0.15, 0.2) is 0 Å². The van der Waals surface area contributed by atoms with E-state index in [1.807, 2.05) is 4.90 Å². The molecule has 1 amide bonds. The maximum absolute atomic E-state index is 12.3. The SMILES string of the molecule is COCC1=CCN(C(=O)C2(N)CCCC2)CC1. The van der Waals surface area contributed by atoms with Gasteiger partial charge in [0.05, 0.1) is 12.1 Å². The lowest BCUT2D eigenvalue weighted by molar-refractivity contribution is -0.136. The van der Waals surface area contributed by atoms with E-state index in [0.29, 0.717) is 13.2 Å². The van der Waals surface area contributed by atoms with Gasteiger partial charge in [-0.3, -0.25) is 4.79 Å². The van der Waals surface area contributed by atoms with Crippen LogP contribution in [0, 0.1) is 0 Å². The lowest BCUT2D eigenvalue weighted by Gasteiger charge is -2.33. The van der Waals surface area contributed by atoms with Crippen molar-refractivity contribution in [3.05, 3.63) is 11.6 Å². The van der Waals surface area contributed by atoms with Crippen LogP contribution < -0.4 is 5.73 Å². The van der Waals surface area contributed by atoms with E-state index in [4.69, 9.17) is 10.5 Å². The van der Waals surface area contributed by atoms with E-state index in [9.17, 15) is 4.79 Å². The summed E-state index contributed by atoms with van der Waals surface area (Å²) in [6.07, 6.45) is 6.87. The molecule has 0 unspecified atom stereocenters. The number of nitrogens with two attached hydrogens (primary N) is 1. The zero-order valence-electron chi connectivity index (χ0n) is 10.6. The summed E-state index contributed by atoms with van der Waals surface area (Å²) in [6.45, 7) is 2.15. The average Bonchev–Trinajstić information content (AvgIpc) is 2.78. The Morgan fingerprint density at radius 3 is 2.76 bits per heavy atom. The van der Waals surface area contributed by atoms with Crippen molar-refractivity contribution in [2.24, 2.45) is 5.73 Å². The van der Waals surface area contributed by atoms with Crippen LogP contribution in [-0.2, 0) is 9.53 Å². The van der Waals surface area contributed by atoms with Gasteiger partial charge in [-0.1, -0.05) is 18.9 Å². The van der Waals surface area contributed by atoms with Crippen LogP contribution in [0.3, 0.4) is 0 Å². The second-order valence-corrected chi connectivity index (χ2v) is 5.16.